The second-order valence-electron chi connectivity index (χ2n) is 3.55. The Balaban J connectivity index is 2.31. The Labute approximate surface area is 98.8 Å². The summed E-state index contributed by atoms with van der Waals surface area (Å²) in [6, 6.07) is 7.09. The zero-order valence-electron chi connectivity index (χ0n) is 8.76. The van der Waals surface area contributed by atoms with Gasteiger partial charge in [-0.25, -0.2) is 4.98 Å². The molecule has 4 heteroatoms. The molecule has 0 aliphatic carbocycles. The summed E-state index contributed by atoms with van der Waals surface area (Å²) in [6.45, 7) is 1.90. The smallest absolute Gasteiger partial charge is 0.129 e. The Morgan fingerprint density at radius 3 is 2.62 bits per heavy atom. The molecule has 0 saturated heterocycles. The fourth-order valence-corrected chi connectivity index (χ4v) is 1.60. The number of hydrogen-bond donors (Lipinski definition) is 1. The fraction of sp³-hybridized carbons (Fsp3) is 0.167. The molecule has 0 aliphatic rings. The molecule has 0 radical (unpaired) electrons. The first-order valence-corrected chi connectivity index (χ1v) is 5.26. The maximum absolute atomic E-state index is 10.1. The Morgan fingerprint density at radius 2 is 2.00 bits per heavy atom. The van der Waals surface area contributed by atoms with E-state index in [2.05, 4.69) is 9.97 Å². The van der Waals surface area contributed by atoms with E-state index in [-0.39, 0.29) is 0 Å². The zero-order chi connectivity index (χ0) is 11.5. The lowest BCUT2D eigenvalue weighted by molar-refractivity contribution is 0.219. The summed E-state index contributed by atoms with van der Waals surface area (Å²) in [6.07, 6.45) is 2.52. The standard InChI is InChI=1S/C12H11ClN2O/c1-8-2-3-10(7-15-8)12(16)9-4-5-14-11(13)6-9/h2-7,12,16H,1H3. The quantitative estimate of drug-likeness (QED) is 0.813. The number of halogens is 1. The summed E-state index contributed by atoms with van der Waals surface area (Å²) in [5, 5.41) is 10.5. The van der Waals surface area contributed by atoms with Crippen LogP contribution in [0, 0.1) is 6.92 Å². The van der Waals surface area contributed by atoms with Crippen molar-refractivity contribution in [1.82, 2.24) is 9.97 Å². The van der Waals surface area contributed by atoms with Crippen molar-refractivity contribution in [2.75, 3.05) is 0 Å². The summed E-state index contributed by atoms with van der Waals surface area (Å²) >= 11 is 5.76. The summed E-state index contributed by atoms with van der Waals surface area (Å²) in [5.41, 5.74) is 2.38. The number of aliphatic hydroxyl groups excluding tert-OH is 1. The van der Waals surface area contributed by atoms with Crippen molar-refractivity contribution >= 4 is 11.6 Å². The van der Waals surface area contributed by atoms with E-state index in [0.29, 0.717) is 10.7 Å². The maximum Gasteiger partial charge on any atom is 0.129 e. The van der Waals surface area contributed by atoms with E-state index in [4.69, 9.17) is 11.6 Å². The van der Waals surface area contributed by atoms with Crippen molar-refractivity contribution in [1.29, 1.82) is 0 Å². The van der Waals surface area contributed by atoms with Gasteiger partial charge in [-0.15, -0.1) is 0 Å². The van der Waals surface area contributed by atoms with E-state index in [1.54, 1.807) is 24.5 Å². The highest BCUT2D eigenvalue weighted by atomic mass is 35.5. The van der Waals surface area contributed by atoms with Gasteiger partial charge in [0.2, 0.25) is 0 Å². The molecule has 0 aliphatic heterocycles. The molecule has 0 bridgehead atoms. The molecule has 2 heterocycles. The zero-order valence-corrected chi connectivity index (χ0v) is 9.52. The highest BCUT2D eigenvalue weighted by Crippen LogP contribution is 2.22. The third-order valence-electron chi connectivity index (χ3n) is 2.32. The molecule has 0 amide bonds. The topological polar surface area (TPSA) is 46.0 Å². The van der Waals surface area contributed by atoms with Gasteiger partial charge in [-0.05, 0) is 30.7 Å². The van der Waals surface area contributed by atoms with Gasteiger partial charge in [-0.1, -0.05) is 17.7 Å². The first kappa shape index (κ1) is 11.0. The third kappa shape index (κ3) is 2.38. The van der Waals surface area contributed by atoms with Crippen LogP contribution in [0.2, 0.25) is 5.15 Å². The Bertz CT molecular complexity index is 485. The predicted octanol–water partition coefficient (Wildman–Crippen LogP) is 2.52. The monoisotopic (exact) mass is 234 g/mol. The number of rotatable bonds is 2. The van der Waals surface area contributed by atoms with Gasteiger partial charge in [0, 0.05) is 23.7 Å². The molecule has 16 heavy (non-hydrogen) atoms. The van der Waals surface area contributed by atoms with Crippen LogP contribution in [0.4, 0.5) is 0 Å². The van der Waals surface area contributed by atoms with Gasteiger partial charge < -0.3 is 5.11 Å². The van der Waals surface area contributed by atoms with Crippen LogP contribution in [0.15, 0.2) is 36.7 Å². The van der Waals surface area contributed by atoms with Gasteiger partial charge >= 0.3 is 0 Å². The lowest BCUT2D eigenvalue weighted by atomic mass is 10.0. The van der Waals surface area contributed by atoms with Crippen LogP contribution < -0.4 is 0 Å². The van der Waals surface area contributed by atoms with Gasteiger partial charge in [0.15, 0.2) is 0 Å². The van der Waals surface area contributed by atoms with Crippen LogP contribution in [0.25, 0.3) is 0 Å². The molecular weight excluding hydrogens is 224 g/mol. The summed E-state index contributed by atoms with van der Waals surface area (Å²) < 4.78 is 0. The van der Waals surface area contributed by atoms with Crippen LogP contribution in [0.5, 0.6) is 0 Å². The number of aliphatic hydroxyl groups is 1. The average molecular weight is 235 g/mol. The van der Waals surface area contributed by atoms with Crippen molar-refractivity contribution in [2.24, 2.45) is 0 Å². The molecular formula is C12H11ClN2O. The number of aromatic nitrogens is 2. The Morgan fingerprint density at radius 1 is 1.19 bits per heavy atom. The van der Waals surface area contributed by atoms with Crippen molar-refractivity contribution in [3.63, 3.8) is 0 Å². The molecule has 0 aromatic carbocycles. The molecule has 1 unspecified atom stereocenters. The van der Waals surface area contributed by atoms with Gasteiger partial charge in [0.1, 0.15) is 11.3 Å². The van der Waals surface area contributed by atoms with Gasteiger partial charge in [0.25, 0.3) is 0 Å². The van der Waals surface area contributed by atoms with Crippen LogP contribution in [-0.2, 0) is 0 Å². The van der Waals surface area contributed by atoms with Crippen molar-refractivity contribution in [3.8, 4) is 0 Å². The lowest BCUT2D eigenvalue weighted by Crippen LogP contribution is -2.00. The van der Waals surface area contributed by atoms with E-state index in [0.717, 1.165) is 11.3 Å². The summed E-state index contributed by atoms with van der Waals surface area (Å²) in [5.74, 6) is 0. The fourth-order valence-electron chi connectivity index (χ4n) is 1.42. The van der Waals surface area contributed by atoms with Crippen LogP contribution >= 0.6 is 11.6 Å². The second-order valence-corrected chi connectivity index (χ2v) is 3.93. The highest BCUT2D eigenvalue weighted by molar-refractivity contribution is 6.29. The third-order valence-corrected chi connectivity index (χ3v) is 2.52. The number of pyridine rings is 2. The largest absolute Gasteiger partial charge is 0.384 e. The van der Waals surface area contributed by atoms with E-state index < -0.39 is 6.10 Å². The first-order chi connectivity index (χ1) is 7.66. The van der Waals surface area contributed by atoms with Crippen LogP contribution in [-0.4, -0.2) is 15.1 Å². The van der Waals surface area contributed by atoms with Gasteiger partial charge in [-0.2, -0.15) is 0 Å². The van der Waals surface area contributed by atoms with Crippen LogP contribution in [0.1, 0.15) is 22.9 Å². The van der Waals surface area contributed by atoms with E-state index >= 15 is 0 Å². The normalized spacial score (nSPS) is 12.4. The predicted molar refractivity (Wildman–Crippen MR) is 62.3 cm³/mol. The number of nitrogens with zero attached hydrogens (tertiary/aromatic N) is 2. The molecule has 0 saturated carbocycles. The Hall–Kier alpha value is -1.45. The molecule has 3 nitrogen and oxygen atoms in total. The minimum absolute atomic E-state index is 0.372. The Kier molecular flexibility index (Phi) is 3.17. The second kappa shape index (κ2) is 4.60. The maximum atomic E-state index is 10.1. The minimum Gasteiger partial charge on any atom is -0.384 e. The molecule has 2 aromatic rings. The SMILES string of the molecule is Cc1ccc(C(O)c2ccnc(Cl)c2)cn1. The van der Waals surface area contributed by atoms with E-state index in [1.165, 1.54) is 0 Å². The molecule has 1 atom stereocenters. The van der Waals surface area contributed by atoms with E-state index in [1.807, 2.05) is 19.1 Å². The van der Waals surface area contributed by atoms with Gasteiger partial charge in [0.05, 0.1) is 0 Å². The molecule has 0 fully saturated rings. The van der Waals surface area contributed by atoms with Crippen molar-refractivity contribution in [3.05, 3.63) is 58.6 Å². The van der Waals surface area contributed by atoms with E-state index in [9.17, 15) is 5.11 Å². The molecule has 82 valence electrons. The first-order valence-electron chi connectivity index (χ1n) is 4.89. The van der Waals surface area contributed by atoms with Crippen molar-refractivity contribution in [2.45, 2.75) is 13.0 Å². The summed E-state index contributed by atoms with van der Waals surface area (Å²) in [7, 11) is 0. The highest BCUT2D eigenvalue weighted by Gasteiger charge is 2.10. The molecule has 2 aromatic heterocycles. The minimum atomic E-state index is -0.714. The number of aryl methyl sites for hydroxylation is 1. The molecule has 2 rings (SSSR count). The van der Waals surface area contributed by atoms with Crippen LogP contribution in [0.3, 0.4) is 0 Å². The molecule has 0 spiro atoms. The number of hydrogen-bond acceptors (Lipinski definition) is 3. The molecule has 1 N–H and O–H groups in total. The summed E-state index contributed by atoms with van der Waals surface area (Å²) in [4.78, 5) is 8.01. The van der Waals surface area contributed by atoms with Crippen molar-refractivity contribution < 1.29 is 5.11 Å². The lowest BCUT2D eigenvalue weighted by Gasteiger charge is -2.11. The average Bonchev–Trinajstić information content (AvgIpc) is 2.29. The van der Waals surface area contributed by atoms with Gasteiger partial charge in [-0.3, -0.25) is 4.98 Å².